The maximum absolute atomic E-state index is 11.8. The topological polar surface area (TPSA) is 62.5 Å². The summed E-state index contributed by atoms with van der Waals surface area (Å²) in [6.07, 6.45) is 7.19. The first-order chi connectivity index (χ1) is 10.2. The molecule has 0 amide bonds. The lowest BCUT2D eigenvalue weighted by atomic mass is 9.85. The third-order valence-corrected chi connectivity index (χ3v) is 5.00. The predicted molar refractivity (Wildman–Crippen MR) is 79.2 cm³/mol. The highest BCUT2D eigenvalue weighted by Crippen LogP contribution is 2.39. The molecule has 5 heteroatoms. The van der Waals surface area contributed by atoms with Gasteiger partial charge in [-0.25, -0.2) is 0 Å². The van der Waals surface area contributed by atoms with E-state index in [1.54, 1.807) is 22.9 Å². The first-order valence-electron chi connectivity index (χ1n) is 7.81. The number of nitrogens with zero attached hydrogens (tertiary/aromatic N) is 2. The first kappa shape index (κ1) is 14.3. The van der Waals surface area contributed by atoms with Gasteiger partial charge in [-0.3, -0.25) is 14.5 Å². The smallest absolute Gasteiger partial charge is 0.320 e. The lowest BCUT2D eigenvalue weighted by molar-refractivity contribution is -0.142. The summed E-state index contributed by atoms with van der Waals surface area (Å²) >= 11 is 0. The zero-order chi connectivity index (χ0) is 14.8. The van der Waals surface area contributed by atoms with Crippen molar-refractivity contribution in [2.75, 3.05) is 6.54 Å². The van der Waals surface area contributed by atoms with E-state index in [1.807, 2.05) is 6.07 Å². The Bertz CT molecular complexity index is 569. The Morgan fingerprint density at radius 1 is 1.24 bits per heavy atom. The number of pyridine rings is 1. The zero-order valence-corrected chi connectivity index (χ0v) is 12.1. The van der Waals surface area contributed by atoms with Gasteiger partial charge in [0.05, 0.1) is 0 Å². The molecular formula is C16H22N2O3. The Labute approximate surface area is 124 Å². The Balaban J connectivity index is 1.73. The lowest BCUT2D eigenvalue weighted by Gasteiger charge is -2.33. The van der Waals surface area contributed by atoms with E-state index in [-0.39, 0.29) is 11.6 Å². The summed E-state index contributed by atoms with van der Waals surface area (Å²) in [6, 6.07) is 5.12. The van der Waals surface area contributed by atoms with Crippen LogP contribution in [-0.4, -0.2) is 39.2 Å². The normalized spacial score (nSPS) is 29.2. The Morgan fingerprint density at radius 2 is 2.05 bits per heavy atom. The van der Waals surface area contributed by atoms with Crippen LogP contribution in [-0.2, 0) is 11.3 Å². The Kier molecular flexibility index (Phi) is 4.10. The van der Waals surface area contributed by atoms with Crippen molar-refractivity contribution in [3.05, 3.63) is 34.7 Å². The fourth-order valence-corrected chi connectivity index (χ4v) is 3.99. The molecule has 114 valence electrons. The van der Waals surface area contributed by atoms with Crippen LogP contribution in [0.15, 0.2) is 29.2 Å². The van der Waals surface area contributed by atoms with Gasteiger partial charge in [0.15, 0.2) is 0 Å². The lowest BCUT2D eigenvalue weighted by Crippen LogP contribution is -2.44. The van der Waals surface area contributed by atoms with Crippen molar-refractivity contribution < 1.29 is 9.90 Å². The minimum Gasteiger partial charge on any atom is -0.480 e. The zero-order valence-electron chi connectivity index (χ0n) is 12.1. The van der Waals surface area contributed by atoms with Gasteiger partial charge in [-0.15, -0.1) is 0 Å². The molecule has 3 rings (SSSR count). The summed E-state index contributed by atoms with van der Waals surface area (Å²) in [4.78, 5) is 25.4. The van der Waals surface area contributed by atoms with E-state index in [2.05, 4.69) is 4.90 Å². The van der Waals surface area contributed by atoms with Crippen molar-refractivity contribution >= 4 is 5.97 Å². The molecule has 3 unspecified atom stereocenters. The van der Waals surface area contributed by atoms with E-state index in [0.29, 0.717) is 25.0 Å². The summed E-state index contributed by atoms with van der Waals surface area (Å²) in [5, 5.41) is 9.47. The average Bonchev–Trinajstić information content (AvgIpc) is 2.85. The number of likely N-dealkylation sites (tertiary alicyclic amines) is 1. The maximum Gasteiger partial charge on any atom is 0.320 e. The van der Waals surface area contributed by atoms with Gasteiger partial charge in [-0.2, -0.15) is 0 Å². The number of carbonyl (C=O) groups is 1. The van der Waals surface area contributed by atoms with E-state index >= 15 is 0 Å². The van der Waals surface area contributed by atoms with Crippen LogP contribution in [0.3, 0.4) is 0 Å². The van der Waals surface area contributed by atoms with Crippen LogP contribution in [0.4, 0.5) is 0 Å². The van der Waals surface area contributed by atoms with Gasteiger partial charge in [-0.05, 0) is 31.2 Å². The van der Waals surface area contributed by atoms with Gasteiger partial charge in [0.25, 0.3) is 5.56 Å². The number of fused-ring (bicyclic) bond motifs is 1. The molecule has 1 aromatic heterocycles. The summed E-state index contributed by atoms with van der Waals surface area (Å²) in [6.45, 7) is 1.20. The Morgan fingerprint density at radius 3 is 2.81 bits per heavy atom. The molecule has 1 aliphatic heterocycles. The molecule has 0 bridgehead atoms. The summed E-state index contributed by atoms with van der Waals surface area (Å²) < 4.78 is 1.66. The standard InChI is InChI=1S/C16H22N2O3/c19-15-7-3-4-8-17(15)9-10-18-13-6-2-1-5-12(13)11-14(18)16(20)21/h3-4,7-8,12-14H,1-2,5-6,9-11H2,(H,20,21). The molecule has 1 aliphatic carbocycles. The largest absolute Gasteiger partial charge is 0.480 e. The number of carboxylic acids is 1. The van der Waals surface area contributed by atoms with E-state index < -0.39 is 5.97 Å². The second-order valence-corrected chi connectivity index (χ2v) is 6.17. The van der Waals surface area contributed by atoms with Gasteiger partial charge in [0, 0.05) is 31.4 Å². The van der Waals surface area contributed by atoms with Crippen molar-refractivity contribution in [2.24, 2.45) is 5.92 Å². The van der Waals surface area contributed by atoms with Crippen molar-refractivity contribution in [3.8, 4) is 0 Å². The van der Waals surface area contributed by atoms with E-state index in [4.69, 9.17) is 0 Å². The summed E-state index contributed by atoms with van der Waals surface area (Å²) in [5.74, 6) is -0.197. The van der Waals surface area contributed by atoms with E-state index in [9.17, 15) is 14.7 Å². The molecule has 2 fully saturated rings. The summed E-state index contributed by atoms with van der Waals surface area (Å²) in [5.41, 5.74) is -0.0243. The molecule has 0 radical (unpaired) electrons. The fourth-order valence-electron chi connectivity index (χ4n) is 3.99. The maximum atomic E-state index is 11.8. The molecular weight excluding hydrogens is 268 g/mol. The number of hydrogen-bond donors (Lipinski definition) is 1. The van der Waals surface area contributed by atoms with Crippen LogP contribution in [0.2, 0.25) is 0 Å². The second-order valence-electron chi connectivity index (χ2n) is 6.17. The molecule has 0 aromatic carbocycles. The summed E-state index contributed by atoms with van der Waals surface area (Å²) in [7, 11) is 0. The minimum atomic E-state index is -0.718. The SMILES string of the molecule is O=C(O)C1CC2CCCCC2N1CCn1ccccc1=O. The second kappa shape index (κ2) is 6.02. The van der Waals surface area contributed by atoms with Gasteiger partial charge in [-0.1, -0.05) is 18.9 Å². The number of carboxylic acid groups (broad SMARTS) is 1. The predicted octanol–water partition coefficient (Wildman–Crippen LogP) is 1.57. The van der Waals surface area contributed by atoms with Crippen LogP contribution in [0, 0.1) is 5.92 Å². The number of hydrogen-bond acceptors (Lipinski definition) is 3. The fraction of sp³-hybridized carbons (Fsp3) is 0.625. The van der Waals surface area contributed by atoms with E-state index in [0.717, 1.165) is 19.3 Å². The van der Waals surface area contributed by atoms with Crippen LogP contribution in [0.25, 0.3) is 0 Å². The first-order valence-corrected chi connectivity index (χ1v) is 7.81. The molecule has 2 heterocycles. The van der Waals surface area contributed by atoms with E-state index in [1.165, 1.54) is 12.8 Å². The number of aromatic nitrogens is 1. The molecule has 1 aromatic rings. The van der Waals surface area contributed by atoms with Crippen LogP contribution < -0.4 is 5.56 Å². The molecule has 0 spiro atoms. The Hall–Kier alpha value is -1.62. The van der Waals surface area contributed by atoms with Gasteiger partial charge in [0.2, 0.25) is 0 Å². The third-order valence-electron chi connectivity index (χ3n) is 5.00. The van der Waals surface area contributed by atoms with Crippen molar-refractivity contribution in [1.82, 2.24) is 9.47 Å². The molecule has 1 saturated heterocycles. The van der Waals surface area contributed by atoms with Crippen LogP contribution in [0.5, 0.6) is 0 Å². The highest BCUT2D eigenvalue weighted by Gasteiger charge is 2.44. The monoisotopic (exact) mass is 290 g/mol. The average molecular weight is 290 g/mol. The quantitative estimate of drug-likeness (QED) is 0.914. The molecule has 1 saturated carbocycles. The molecule has 5 nitrogen and oxygen atoms in total. The van der Waals surface area contributed by atoms with Gasteiger partial charge >= 0.3 is 5.97 Å². The van der Waals surface area contributed by atoms with Crippen molar-refractivity contribution in [3.63, 3.8) is 0 Å². The van der Waals surface area contributed by atoms with Gasteiger partial charge < -0.3 is 9.67 Å². The molecule has 3 atom stereocenters. The highest BCUT2D eigenvalue weighted by molar-refractivity contribution is 5.74. The molecule has 1 N–H and O–H groups in total. The third kappa shape index (κ3) is 2.88. The highest BCUT2D eigenvalue weighted by atomic mass is 16.4. The number of aliphatic carboxylic acids is 1. The molecule has 2 aliphatic rings. The van der Waals surface area contributed by atoms with Crippen LogP contribution >= 0.6 is 0 Å². The number of rotatable bonds is 4. The van der Waals surface area contributed by atoms with Crippen molar-refractivity contribution in [2.45, 2.75) is 50.7 Å². The minimum absolute atomic E-state index is 0.0243. The van der Waals surface area contributed by atoms with Gasteiger partial charge in [0.1, 0.15) is 6.04 Å². The van der Waals surface area contributed by atoms with Crippen molar-refractivity contribution in [1.29, 1.82) is 0 Å². The van der Waals surface area contributed by atoms with Crippen LogP contribution in [0.1, 0.15) is 32.1 Å². The molecule has 21 heavy (non-hydrogen) atoms.